The second-order valence-corrected chi connectivity index (χ2v) is 6.51. The summed E-state index contributed by atoms with van der Waals surface area (Å²) in [7, 11) is 0. The number of aryl methyl sites for hydroxylation is 2. The number of anilines is 1. The van der Waals surface area contributed by atoms with Gasteiger partial charge in [-0.1, -0.05) is 42.8 Å². The van der Waals surface area contributed by atoms with Gasteiger partial charge in [-0.25, -0.2) is 0 Å². The molecule has 0 radical (unpaired) electrons. The Hall–Kier alpha value is -2.34. The number of hydrogen-bond donors (Lipinski definition) is 1. The van der Waals surface area contributed by atoms with Gasteiger partial charge in [0.2, 0.25) is 6.41 Å². The maximum atomic E-state index is 12.0. The van der Waals surface area contributed by atoms with E-state index in [1.54, 1.807) is 17.9 Å². The molecule has 1 heterocycles. The highest BCUT2D eigenvalue weighted by Gasteiger charge is 2.29. The average Bonchev–Trinajstić information content (AvgIpc) is 2.65. The molecule has 1 amide bonds. The van der Waals surface area contributed by atoms with E-state index in [4.69, 9.17) is 0 Å². The molecule has 2 aromatic carbocycles. The minimum atomic E-state index is -4.22. The highest BCUT2D eigenvalue weighted by Crippen LogP contribution is 2.29. The van der Waals surface area contributed by atoms with Crippen LogP contribution in [-0.4, -0.2) is 19.5 Å². The first kappa shape index (κ1) is 21.0. The van der Waals surface area contributed by atoms with Crippen LogP contribution in [0.2, 0.25) is 0 Å². The van der Waals surface area contributed by atoms with Crippen LogP contribution in [0.5, 0.6) is 0 Å². The maximum Gasteiger partial charge on any atom is 0.416 e. The molecule has 0 saturated heterocycles. The fourth-order valence-corrected chi connectivity index (χ4v) is 2.99. The Bertz CT molecular complexity index is 759. The molecular formula is C21H25F3N2O. The molecule has 3 nitrogen and oxygen atoms in total. The fraction of sp³-hybridized carbons (Fsp3) is 0.381. The Morgan fingerprint density at radius 1 is 1.19 bits per heavy atom. The van der Waals surface area contributed by atoms with Crippen molar-refractivity contribution in [3.63, 3.8) is 0 Å². The third kappa shape index (κ3) is 6.10. The molecule has 146 valence electrons. The van der Waals surface area contributed by atoms with E-state index in [0.717, 1.165) is 56.7 Å². The summed E-state index contributed by atoms with van der Waals surface area (Å²) in [6.07, 6.45) is -1.13. The van der Waals surface area contributed by atoms with Crippen molar-refractivity contribution in [1.29, 1.82) is 0 Å². The molecule has 0 spiro atoms. The summed E-state index contributed by atoms with van der Waals surface area (Å²) >= 11 is 0. The van der Waals surface area contributed by atoms with Crippen LogP contribution in [0.4, 0.5) is 18.9 Å². The second-order valence-electron chi connectivity index (χ2n) is 6.51. The lowest BCUT2D eigenvalue weighted by molar-refractivity contribution is -0.137. The van der Waals surface area contributed by atoms with Gasteiger partial charge in [0.15, 0.2) is 0 Å². The molecule has 0 unspecified atom stereocenters. The summed E-state index contributed by atoms with van der Waals surface area (Å²) in [4.78, 5) is 12.7. The fourth-order valence-electron chi connectivity index (χ4n) is 2.99. The lowest BCUT2D eigenvalue weighted by atomic mass is 9.99. The minimum absolute atomic E-state index is 0.586. The summed E-state index contributed by atoms with van der Waals surface area (Å²) in [5.41, 5.74) is 3.72. The lowest BCUT2D eigenvalue weighted by Gasteiger charge is -2.26. The van der Waals surface area contributed by atoms with Crippen LogP contribution in [0.3, 0.4) is 0 Å². The normalized spacial score (nSPS) is 13.4. The Kier molecular flexibility index (Phi) is 7.42. The van der Waals surface area contributed by atoms with Gasteiger partial charge < -0.3 is 10.2 Å². The maximum absolute atomic E-state index is 12.0. The number of fused-ring (bicyclic) bond motifs is 1. The van der Waals surface area contributed by atoms with Gasteiger partial charge in [0, 0.05) is 18.8 Å². The Balaban J connectivity index is 0.000000208. The van der Waals surface area contributed by atoms with Crippen LogP contribution in [0, 0.1) is 6.92 Å². The predicted molar refractivity (Wildman–Crippen MR) is 102 cm³/mol. The molecule has 27 heavy (non-hydrogen) atoms. The van der Waals surface area contributed by atoms with Crippen molar-refractivity contribution in [2.24, 2.45) is 0 Å². The summed E-state index contributed by atoms with van der Waals surface area (Å²) in [6, 6.07) is 11.6. The first-order chi connectivity index (χ1) is 12.8. The zero-order valence-electron chi connectivity index (χ0n) is 15.6. The number of halogens is 3. The van der Waals surface area contributed by atoms with Crippen LogP contribution in [0.25, 0.3) is 0 Å². The monoisotopic (exact) mass is 378 g/mol. The summed E-state index contributed by atoms with van der Waals surface area (Å²) < 4.78 is 35.9. The minimum Gasteiger partial charge on any atom is -0.315 e. The highest BCUT2D eigenvalue weighted by molar-refractivity contribution is 5.78. The van der Waals surface area contributed by atoms with Gasteiger partial charge >= 0.3 is 6.18 Å². The standard InChI is InChI=1S/C13H18N2O.C8H7F3/c1-2-14-9-11-5-6-13-12(8-11)4-3-7-15(13)10-16;1-6-3-2-4-7(5-6)8(9,10)11/h5-6,8,10,14H,2-4,7,9H2,1H3;2-5H,1H3. The van der Waals surface area contributed by atoms with E-state index in [2.05, 4.69) is 30.4 Å². The van der Waals surface area contributed by atoms with Crippen molar-refractivity contribution in [1.82, 2.24) is 5.32 Å². The van der Waals surface area contributed by atoms with E-state index in [1.807, 2.05) is 0 Å². The Morgan fingerprint density at radius 3 is 2.56 bits per heavy atom. The first-order valence-electron chi connectivity index (χ1n) is 9.03. The molecule has 0 aliphatic carbocycles. The molecule has 1 aliphatic heterocycles. The molecule has 0 bridgehead atoms. The number of carbonyl (C=O) groups excluding carboxylic acids is 1. The van der Waals surface area contributed by atoms with Crippen molar-refractivity contribution < 1.29 is 18.0 Å². The Labute approximate surface area is 158 Å². The van der Waals surface area contributed by atoms with Crippen molar-refractivity contribution >= 4 is 12.1 Å². The van der Waals surface area contributed by atoms with Crippen LogP contribution in [0.15, 0.2) is 42.5 Å². The Morgan fingerprint density at radius 2 is 1.96 bits per heavy atom. The molecule has 1 N–H and O–H groups in total. The molecule has 1 aliphatic rings. The first-order valence-corrected chi connectivity index (χ1v) is 9.03. The van der Waals surface area contributed by atoms with Gasteiger partial charge in [-0.05, 0) is 49.6 Å². The number of alkyl halides is 3. The number of rotatable bonds is 4. The zero-order chi connectivity index (χ0) is 19.9. The topological polar surface area (TPSA) is 32.3 Å². The van der Waals surface area contributed by atoms with Gasteiger partial charge in [-0.15, -0.1) is 0 Å². The number of benzene rings is 2. The molecule has 0 aromatic heterocycles. The van der Waals surface area contributed by atoms with E-state index in [1.165, 1.54) is 17.2 Å². The van der Waals surface area contributed by atoms with Crippen LogP contribution < -0.4 is 10.2 Å². The van der Waals surface area contributed by atoms with Gasteiger partial charge in [0.25, 0.3) is 0 Å². The van der Waals surface area contributed by atoms with Gasteiger partial charge in [0.05, 0.1) is 5.56 Å². The molecule has 0 atom stereocenters. The van der Waals surface area contributed by atoms with E-state index < -0.39 is 11.7 Å². The SMILES string of the molecule is CCNCc1ccc2c(c1)CCCN2C=O.Cc1cccc(C(F)(F)F)c1. The van der Waals surface area contributed by atoms with Crippen molar-refractivity contribution in [3.05, 3.63) is 64.7 Å². The summed E-state index contributed by atoms with van der Waals surface area (Å²) in [6.45, 7) is 6.48. The van der Waals surface area contributed by atoms with Crippen LogP contribution in [0.1, 0.15) is 35.6 Å². The van der Waals surface area contributed by atoms with E-state index in [9.17, 15) is 18.0 Å². The second kappa shape index (κ2) is 9.55. The van der Waals surface area contributed by atoms with Gasteiger partial charge in [-0.2, -0.15) is 13.2 Å². The van der Waals surface area contributed by atoms with E-state index >= 15 is 0 Å². The zero-order valence-corrected chi connectivity index (χ0v) is 15.6. The number of nitrogens with zero attached hydrogens (tertiary/aromatic N) is 1. The number of nitrogens with one attached hydrogen (secondary N) is 1. The molecule has 0 fully saturated rings. The lowest BCUT2D eigenvalue weighted by Crippen LogP contribution is -2.27. The van der Waals surface area contributed by atoms with Crippen molar-refractivity contribution in [2.45, 2.75) is 39.4 Å². The molecule has 2 aromatic rings. The summed E-state index contributed by atoms with van der Waals surface area (Å²) in [5.74, 6) is 0. The highest BCUT2D eigenvalue weighted by atomic mass is 19.4. The molecule has 3 rings (SSSR count). The number of carbonyl (C=O) groups is 1. The molecule has 0 saturated carbocycles. The average molecular weight is 378 g/mol. The van der Waals surface area contributed by atoms with E-state index in [0.29, 0.717) is 5.56 Å². The van der Waals surface area contributed by atoms with Crippen molar-refractivity contribution in [3.8, 4) is 0 Å². The predicted octanol–water partition coefficient (Wildman–Crippen LogP) is 4.72. The summed E-state index contributed by atoms with van der Waals surface area (Å²) in [5, 5.41) is 3.31. The third-order valence-electron chi connectivity index (χ3n) is 4.35. The smallest absolute Gasteiger partial charge is 0.315 e. The number of amides is 1. The molecular weight excluding hydrogens is 353 g/mol. The van der Waals surface area contributed by atoms with Crippen molar-refractivity contribution in [2.75, 3.05) is 18.0 Å². The van der Waals surface area contributed by atoms with Gasteiger partial charge in [-0.3, -0.25) is 4.79 Å². The van der Waals surface area contributed by atoms with Crippen LogP contribution in [-0.2, 0) is 23.9 Å². The molecule has 6 heteroatoms. The van der Waals surface area contributed by atoms with E-state index in [-0.39, 0.29) is 0 Å². The third-order valence-corrected chi connectivity index (χ3v) is 4.35. The quantitative estimate of drug-likeness (QED) is 0.781. The van der Waals surface area contributed by atoms with Crippen LogP contribution >= 0.6 is 0 Å². The van der Waals surface area contributed by atoms with Gasteiger partial charge in [0.1, 0.15) is 0 Å². The largest absolute Gasteiger partial charge is 0.416 e. The number of hydrogen-bond acceptors (Lipinski definition) is 2.